The van der Waals surface area contributed by atoms with Crippen LogP contribution in [0.1, 0.15) is 20.8 Å². The Morgan fingerprint density at radius 3 is 2.32 bits per heavy atom. The average Bonchev–Trinajstić information content (AvgIpc) is 2.64. The highest BCUT2D eigenvalue weighted by molar-refractivity contribution is 7.89. The molecule has 7 nitrogen and oxygen atoms in total. The molecule has 2 N–H and O–H groups in total. The van der Waals surface area contributed by atoms with Crippen LogP contribution in [0.25, 0.3) is 0 Å². The zero-order chi connectivity index (χ0) is 20.7. The van der Waals surface area contributed by atoms with Crippen molar-refractivity contribution in [2.45, 2.75) is 31.7 Å². The van der Waals surface area contributed by atoms with Crippen LogP contribution >= 0.6 is 11.6 Å². The van der Waals surface area contributed by atoms with E-state index in [0.29, 0.717) is 35.4 Å². The predicted molar refractivity (Wildman–Crippen MR) is 109 cm³/mol. The number of carbonyl (C=O) groups excluding carboxylic acids is 1. The van der Waals surface area contributed by atoms with Crippen LogP contribution in [0.4, 0.5) is 5.69 Å². The van der Waals surface area contributed by atoms with E-state index in [1.807, 2.05) is 13.8 Å². The number of amides is 1. The van der Waals surface area contributed by atoms with E-state index < -0.39 is 22.0 Å². The first-order valence-electron chi connectivity index (χ1n) is 8.75. The maximum absolute atomic E-state index is 12.5. The van der Waals surface area contributed by atoms with Gasteiger partial charge in [-0.15, -0.1) is 0 Å². The number of ether oxygens (including phenoxy) is 2. The first kappa shape index (κ1) is 22.0. The summed E-state index contributed by atoms with van der Waals surface area (Å²) >= 11 is 5.78. The van der Waals surface area contributed by atoms with E-state index in [4.69, 9.17) is 21.1 Å². The molecular weight excluding hydrogens is 404 g/mol. The minimum atomic E-state index is -3.88. The number of halogens is 1. The number of hydrogen-bond donors (Lipinski definition) is 2. The van der Waals surface area contributed by atoms with Gasteiger partial charge in [-0.25, -0.2) is 8.42 Å². The van der Waals surface area contributed by atoms with Gasteiger partial charge in [0.1, 0.15) is 11.5 Å². The topological polar surface area (TPSA) is 93.7 Å². The van der Waals surface area contributed by atoms with E-state index >= 15 is 0 Å². The van der Waals surface area contributed by atoms with Crippen LogP contribution < -0.4 is 19.5 Å². The fourth-order valence-electron chi connectivity index (χ4n) is 2.35. The Morgan fingerprint density at radius 2 is 1.71 bits per heavy atom. The predicted octanol–water partition coefficient (Wildman–Crippen LogP) is 3.44. The summed E-state index contributed by atoms with van der Waals surface area (Å²) in [6, 6.07) is 9.70. The summed E-state index contributed by atoms with van der Waals surface area (Å²) in [5.74, 6) is 0.495. The van der Waals surface area contributed by atoms with Gasteiger partial charge in [0, 0.05) is 11.1 Å². The summed E-state index contributed by atoms with van der Waals surface area (Å²) in [4.78, 5) is 12.6. The minimum absolute atomic E-state index is 0.0184. The van der Waals surface area contributed by atoms with E-state index in [-0.39, 0.29) is 4.90 Å². The Balaban J connectivity index is 2.15. The molecule has 2 aromatic carbocycles. The number of benzene rings is 2. The Kier molecular flexibility index (Phi) is 7.68. The lowest BCUT2D eigenvalue weighted by Gasteiger charge is -2.17. The number of anilines is 1. The summed E-state index contributed by atoms with van der Waals surface area (Å²) < 4.78 is 38.2. The molecule has 1 atom stereocenters. The van der Waals surface area contributed by atoms with Gasteiger partial charge in [-0.1, -0.05) is 11.6 Å². The highest BCUT2D eigenvalue weighted by atomic mass is 35.5. The molecule has 9 heteroatoms. The molecule has 0 bridgehead atoms. The third-order valence-corrected chi connectivity index (χ3v) is 5.48. The maximum atomic E-state index is 12.5. The fourth-order valence-corrected chi connectivity index (χ4v) is 3.68. The van der Waals surface area contributed by atoms with Crippen molar-refractivity contribution in [2.75, 3.05) is 18.5 Å². The maximum Gasteiger partial charge on any atom is 0.242 e. The van der Waals surface area contributed by atoms with E-state index in [2.05, 4.69) is 10.0 Å². The quantitative estimate of drug-likeness (QED) is 0.640. The van der Waals surface area contributed by atoms with Gasteiger partial charge < -0.3 is 14.8 Å². The molecule has 0 aliphatic heterocycles. The zero-order valence-electron chi connectivity index (χ0n) is 15.9. The minimum Gasteiger partial charge on any atom is -0.494 e. The van der Waals surface area contributed by atoms with E-state index in [1.54, 1.807) is 18.2 Å². The van der Waals surface area contributed by atoms with Crippen LogP contribution in [0.3, 0.4) is 0 Å². The van der Waals surface area contributed by atoms with Crippen LogP contribution in [0.2, 0.25) is 5.02 Å². The lowest BCUT2D eigenvalue weighted by molar-refractivity contribution is -0.117. The molecule has 0 aromatic heterocycles. The van der Waals surface area contributed by atoms with Gasteiger partial charge in [-0.3, -0.25) is 4.79 Å². The van der Waals surface area contributed by atoms with Crippen molar-refractivity contribution >= 4 is 33.2 Å². The highest BCUT2D eigenvalue weighted by Crippen LogP contribution is 2.29. The Hall–Kier alpha value is -2.29. The van der Waals surface area contributed by atoms with Crippen LogP contribution in [0.5, 0.6) is 11.5 Å². The van der Waals surface area contributed by atoms with Gasteiger partial charge in [0.2, 0.25) is 15.9 Å². The van der Waals surface area contributed by atoms with E-state index in [0.717, 1.165) is 0 Å². The molecule has 0 radical (unpaired) electrons. The molecule has 0 fully saturated rings. The van der Waals surface area contributed by atoms with Crippen LogP contribution in [-0.2, 0) is 14.8 Å². The third kappa shape index (κ3) is 5.85. The average molecular weight is 427 g/mol. The molecule has 0 aliphatic carbocycles. The second-order valence-corrected chi connectivity index (χ2v) is 7.96. The monoisotopic (exact) mass is 426 g/mol. The summed E-state index contributed by atoms with van der Waals surface area (Å²) in [5.41, 5.74) is 0.398. The highest BCUT2D eigenvalue weighted by Gasteiger charge is 2.23. The molecule has 0 unspecified atom stereocenters. The molecule has 2 aromatic rings. The Labute approximate surface area is 170 Å². The Bertz CT molecular complexity index is 916. The number of carbonyl (C=O) groups is 1. The molecule has 1 amide bonds. The molecule has 0 heterocycles. The molecule has 0 aliphatic rings. The molecule has 0 saturated heterocycles. The van der Waals surface area contributed by atoms with Crippen molar-refractivity contribution in [1.29, 1.82) is 0 Å². The number of sulfonamides is 1. The van der Waals surface area contributed by atoms with Crippen LogP contribution in [0.15, 0.2) is 47.4 Å². The smallest absolute Gasteiger partial charge is 0.242 e. The van der Waals surface area contributed by atoms with E-state index in [9.17, 15) is 13.2 Å². The largest absolute Gasteiger partial charge is 0.494 e. The van der Waals surface area contributed by atoms with Crippen molar-refractivity contribution in [1.82, 2.24) is 4.72 Å². The second kappa shape index (κ2) is 9.77. The second-order valence-electron chi connectivity index (χ2n) is 5.81. The van der Waals surface area contributed by atoms with Gasteiger partial charge in [-0.2, -0.15) is 4.72 Å². The number of rotatable bonds is 9. The summed E-state index contributed by atoms with van der Waals surface area (Å²) in [6.45, 7) is 6.01. The number of nitrogens with one attached hydrogen (secondary N) is 2. The van der Waals surface area contributed by atoms with Crippen LogP contribution in [-0.4, -0.2) is 33.6 Å². The summed E-state index contributed by atoms with van der Waals surface area (Å²) in [7, 11) is -3.88. The van der Waals surface area contributed by atoms with Crippen molar-refractivity contribution in [3.63, 3.8) is 0 Å². The lowest BCUT2D eigenvalue weighted by atomic mass is 10.2. The molecule has 0 saturated carbocycles. The van der Waals surface area contributed by atoms with E-state index in [1.165, 1.54) is 31.2 Å². The first-order valence-corrected chi connectivity index (χ1v) is 10.6. The molecule has 28 heavy (non-hydrogen) atoms. The number of hydrogen-bond acceptors (Lipinski definition) is 5. The molecule has 2 rings (SSSR count). The van der Waals surface area contributed by atoms with Gasteiger partial charge in [0.15, 0.2) is 0 Å². The molecule has 0 spiro atoms. The van der Waals surface area contributed by atoms with Crippen molar-refractivity contribution < 1.29 is 22.7 Å². The van der Waals surface area contributed by atoms with Gasteiger partial charge >= 0.3 is 0 Å². The Morgan fingerprint density at radius 1 is 1.07 bits per heavy atom. The van der Waals surface area contributed by atoms with Gasteiger partial charge in [0.05, 0.1) is 29.8 Å². The van der Waals surface area contributed by atoms with Crippen LogP contribution in [0, 0.1) is 0 Å². The normalized spacial score (nSPS) is 12.3. The standard InChI is InChI=1S/C19H23ClN2O5S/c1-4-26-15-8-11-18(27-5-2)17(12-15)21-19(23)13(3)22-28(24,25)16-9-6-14(20)7-10-16/h6-13,22H,4-5H2,1-3H3,(H,21,23)/t13-/m0/s1. The fraction of sp³-hybridized carbons (Fsp3) is 0.316. The van der Waals surface area contributed by atoms with Crippen molar-refractivity contribution in [3.8, 4) is 11.5 Å². The third-order valence-electron chi connectivity index (χ3n) is 3.67. The molecule has 152 valence electrons. The first-order chi connectivity index (χ1) is 13.3. The summed E-state index contributed by atoms with van der Waals surface area (Å²) in [5, 5.41) is 3.10. The zero-order valence-corrected chi connectivity index (χ0v) is 17.4. The summed E-state index contributed by atoms with van der Waals surface area (Å²) in [6.07, 6.45) is 0. The van der Waals surface area contributed by atoms with Gasteiger partial charge in [0.25, 0.3) is 0 Å². The molecular formula is C19H23ClN2O5S. The van der Waals surface area contributed by atoms with Gasteiger partial charge in [-0.05, 0) is 57.2 Å². The van der Waals surface area contributed by atoms with Crippen molar-refractivity contribution in [2.24, 2.45) is 0 Å². The SMILES string of the molecule is CCOc1ccc(OCC)c(NC(=O)[C@H](C)NS(=O)(=O)c2ccc(Cl)cc2)c1. The van der Waals surface area contributed by atoms with Crippen molar-refractivity contribution in [3.05, 3.63) is 47.5 Å². The lowest BCUT2D eigenvalue weighted by Crippen LogP contribution is -2.41.